The number of esters is 1. The molecule has 0 radical (unpaired) electrons. The minimum atomic E-state index is -0.501. The lowest BCUT2D eigenvalue weighted by Crippen LogP contribution is -2.09. The Balaban J connectivity index is 2.15. The first-order valence-corrected chi connectivity index (χ1v) is 6.66. The highest BCUT2D eigenvalue weighted by molar-refractivity contribution is 6.30. The molecular weight excluding hydrogens is 292 g/mol. The lowest BCUT2D eigenvalue weighted by atomic mass is 10.1. The maximum atomic E-state index is 12.2. The molecule has 5 heteroatoms. The van der Waals surface area contributed by atoms with Gasteiger partial charge in [-0.15, -0.1) is 0 Å². The van der Waals surface area contributed by atoms with Crippen molar-refractivity contribution in [2.75, 3.05) is 14.2 Å². The number of benzene rings is 2. The summed E-state index contributed by atoms with van der Waals surface area (Å²) in [4.78, 5) is 12.2. The SMILES string of the molecule is COc1cccc(OC)c1C(=O)OCc1ccc(Cl)cc1. The molecule has 0 saturated heterocycles. The highest BCUT2D eigenvalue weighted by atomic mass is 35.5. The molecule has 0 atom stereocenters. The van der Waals surface area contributed by atoms with Crippen LogP contribution in [0.25, 0.3) is 0 Å². The van der Waals surface area contributed by atoms with E-state index in [-0.39, 0.29) is 12.2 Å². The molecule has 110 valence electrons. The lowest BCUT2D eigenvalue weighted by molar-refractivity contribution is 0.0465. The average Bonchev–Trinajstić information content (AvgIpc) is 2.53. The summed E-state index contributed by atoms with van der Waals surface area (Å²) in [5.41, 5.74) is 1.12. The number of methoxy groups -OCH3 is 2. The Morgan fingerprint density at radius 3 is 2.10 bits per heavy atom. The van der Waals surface area contributed by atoms with Crippen molar-refractivity contribution in [2.24, 2.45) is 0 Å². The van der Waals surface area contributed by atoms with E-state index in [1.807, 2.05) is 0 Å². The van der Waals surface area contributed by atoms with Gasteiger partial charge in [-0.1, -0.05) is 29.8 Å². The fourth-order valence-corrected chi connectivity index (χ4v) is 1.98. The van der Waals surface area contributed by atoms with Gasteiger partial charge < -0.3 is 14.2 Å². The van der Waals surface area contributed by atoms with Crippen LogP contribution in [0.3, 0.4) is 0 Å². The van der Waals surface area contributed by atoms with Gasteiger partial charge in [0.15, 0.2) is 0 Å². The number of halogens is 1. The quantitative estimate of drug-likeness (QED) is 0.790. The molecule has 0 aliphatic heterocycles. The van der Waals surface area contributed by atoms with E-state index in [9.17, 15) is 4.79 Å². The van der Waals surface area contributed by atoms with Crippen molar-refractivity contribution in [1.29, 1.82) is 0 Å². The molecule has 0 aromatic heterocycles. The number of hydrogen-bond acceptors (Lipinski definition) is 4. The van der Waals surface area contributed by atoms with Crippen LogP contribution in [-0.2, 0) is 11.3 Å². The normalized spacial score (nSPS) is 10.0. The standard InChI is InChI=1S/C16H15ClO4/c1-19-13-4-3-5-14(20-2)15(13)16(18)21-10-11-6-8-12(17)9-7-11/h3-9H,10H2,1-2H3. The van der Waals surface area contributed by atoms with E-state index in [1.54, 1.807) is 42.5 Å². The minimum Gasteiger partial charge on any atom is -0.496 e. The molecule has 0 amide bonds. The van der Waals surface area contributed by atoms with Crippen LogP contribution in [0.1, 0.15) is 15.9 Å². The lowest BCUT2D eigenvalue weighted by Gasteiger charge is -2.12. The molecule has 0 aliphatic carbocycles. The van der Waals surface area contributed by atoms with Crippen LogP contribution in [0.5, 0.6) is 11.5 Å². The number of hydrogen-bond donors (Lipinski definition) is 0. The van der Waals surface area contributed by atoms with Crippen molar-refractivity contribution >= 4 is 17.6 Å². The second-order valence-electron chi connectivity index (χ2n) is 4.24. The summed E-state index contributed by atoms with van der Waals surface area (Å²) in [5.74, 6) is 0.324. The second-order valence-corrected chi connectivity index (χ2v) is 4.68. The van der Waals surface area contributed by atoms with E-state index in [4.69, 9.17) is 25.8 Å². The van der Waals surface area contributed by atoms with E-state index in [0.29, 0.717) is 16.5 Å². The Morgan fingerprint density at radius 1 is 1.00 bits per heavy atom. The minimum absolute atomic E-state index is 0.150. The molecule has 2 aromatic rings. The van der Waals surface area contributed by atoms with Crippen LogP contribution in [0.2, 0.25) is 5.02 Å². The van der Waals surface area contributed by atoms with Crippen molar-refractivity contribution in [1.82, 2.24) is 0 Å². The zero-order valence-electron chi connectivity index (χ0n) is 11.8. The fraction of sp³-hybridized carbons (Fsp3) is 0.188. The van der Waals surface area contributed by atoms with Crippen LogP contribution in [0.4, 0.5) is 0 Å². The molecule has 0 bridgehead atoms. The number of carbonyl (C=O) groups is 1. The molecule has 0 heterocycles. The van der Waals surface area contributed by atoms with Gasteiger partial charge in [0.25, 0.3) is 0 Å². The Bertz CT molecular complexity index is 600. The van der Waals surface area contributed by atoms with Gasteiger partial charge in [-0.05, 0) is 29.8 Å². The Morgan fingerprint density at radius 2 is 1.57 bits per heavy atom. The summed E-state index contributed by atoms with van der Waals surface area (Å²) in [5, 5.41) is 0.636. The summed E-state index contributed by atoms with van der Waals surface area (Å²) in [6.45, 7) is 0.150. The van der Waals surface area contributed by atoms with E-state index < -0.39 is 5.97 Å². The molecular formula is C16H15ClO4. The van der Waals surface area contributed by atoms with Crippen LogP contribution in [0, 0.1) is 0 Å². The Kier molecular flexibility index (Phi) is 5.06. The second kappa shape index (κ2) is 6.99. The molecule has 0 aliphatic rings. The molecule has 21 heavy (non-hydrogen) atoms. The summed E-state index contributed by atoms with van der Waals surface area (Å²) < 4.78 is 15.7. The molecule has 0 N–H and O–H groups in total. The third-order valence-electron chi connectivity index (χ3n) is 2.92. The first-order valence-electron chi connectivity index (χ1n) is 6.28. The topological polar surface area (TPSA) is 44.8 Å². The molecule has 0 fully saturated rings. The molecule has 0 unspecified atom stereocenters. The highest BCUT2D eigenvalue weighted by Gasteiger charge is 2.19. The van der Waals surface area contributed by atoms with Crippen LogP contribution in [0.15, 0.2) is 42.5 Å². The zero-order chi connectivity index (χ0) is 15.2. The van der Waals surface area contributed by atoms with Crippen molar-refractivity contribution in [2.45, 2.75) is 6.61 Å². The highest BCUT2D eigenvalue weighted by Crippen LogP contribution is 2.29. The summed E-state index contributed by atoms with van der Waals surface area (Å²) >= 11 is 5.81. The third kappa shape index (κ3) is 3.67. The van der Waals surface area contributed by atoms with E-state index in [0.717, 1.165) is 5.56 Å². The number of ether oxygens (including phenoxy) is 3. The van der Waals surface area contributed by atoms with Crippen molar-refractivity contribution in [3.63, 3.8) is 0 Å². The van der Waals surface area contributed by atoms with E-state index >= 15 is 0 Å². The molecule has 2 aromatic carbocycles. The molecule has 0 spiro atoms. The maximum Gasteiger partial charge on any atom is 0.346 e. The van der Waals surface area contributed by atoms with Crippen LogP contribution < -0.4 is 9.47 Å². The summed E-state index contributed by atoms with van der Waals surface area (Å²) in [6.07, 6.45) is 0. The third-order valence-corrected chi connectivity index (χ3v) is 3.17. The van der Waals surface area contributed by atoms with Crippen LogP contribution in [-0.4, -0.2) is 20.2 Å². The fourth-order valence-electron chi connectivity index (χ4n) is 1.85. The van der Waals surface area contributed by atoms with Gasteiger partial charge in [0, 0.05) is 5.02 Å². The van der Waals surface area contributed by atoms with Crippen molar-refractivity contribution in [3.8, 4) is 11.5 Å². The maximum absolute atomic E-state index is 12.2. The molecule has 0 saturated carbocycles. The van der Waals surface area contributed by atoms with Crippen molar-refractivity contribution < 1.29 is 19.0 Å². The van der Waals surface area contributed by atoms with Gasteiger partial charge in [0.1, 0.15) is 23.7 Å². The predicted molar refractivity (Wildman–Crippen MR) is 80.1 cm³/mol. The summed E-state index contributed by atoms with van der Waals surface area (Å²) in [7, 11) is 2.98. The molecule has 2 rings (SSSR count). The van der Waals surface area contributed by atoms with Gasteiger partial charge in [0.05, 0.1) is 14.2 Å². The number of rotatable bonds is 5. The van der Waals surface area contributed by atoms with Crippen molar-refractivity contribution in [3.05, 3.63) is 58.6 Å². The zero-order valence-corrected chi connectivity index (χ0v) is 12.5. The van der Waals surface area contributed by atoms with Gasteiger partial charge in [-0.2, -0.15) is 0 Å². The first-order chi connectivity index (χ1) is 10.2. The smallest absolute Gasteiger partial charge is 0.346 e. The monoisotopic (exact) mass is 306 g/mol. The molecule has 4 nitrogen and oxygen atoms in total. The van der Waals surface area contributed by atoms with E-state index in [1.165, 1.54) is 14.2 Å². The van der Waals surface area contributed by atoms with E-state index in [2.05, 4.69) is 0 Å². The largest absolute Gasteiger partial charge is 0.496 e. The van der Waals surface area contributed by atoms with Gasteiger partial charge in [0.2, 0.25) is 0 Å². The Labute approximate surface area is 128 Å². The summed E-state index contributed by atoms with van der Waals surface area (Å²) in [6, 6.07) is 12.2. The number of carbonyl (C=O) groups excluding carboxylic acids is 1. The van der Waals surface area contributed by atoms with Gasteiger partial charge in [-0.3, -0.25) is 0 Å². The Hall–Kier alpha value is -2.20. The predicted octanol–water partition coefficient (Wildman–Crippen LogP) is 3.71. The van der Waals surface area contributed by atoms with Crippen LogP contribution >= 0.6 is 11.6 Å². The average molecular weight is 307 g/mol. The van der Waals surface area contributed by atoms with Gasteiger partial charge in [-0.25, -0.2) is 4.79 Å². The van der Waals surface area contributed by atoms with Gasteiger partial charge >= 0.3 is 5.97 Å². The first kappa shape index (κ1) is 15.2.